The monoisotopic (exact) mass is 327 g/mol. The molecule has 1 fully saturated rings. The number of anilines is 1. The van der Waals surface area contributed by atoms with Crippen LogP contribution in [0.1, 0.15) is 46.2 Å². The molecule has 1 saturated heterocycles. The number of likely N-dealkylation sites (tertiary alicyclic amines) is 1. The maximum absolute atomic E-state index is 12.5. The number of carbonyl (C=O) groups excluding carboxylic acids is 2. The zero-order valence-electron chi connectivity index (χ0n) is 13.9. The smallest absolute Gasteiger partial charge is 0.256 e. The maximum atomic E-state index is 12.5. The fraction of sp³-hybridized carbons (Fsp3) is 0.389. The van der Waals surface area contributed by atoms with E-state index in [2.05, 4.69) is 17.4 Å². The molecule has 0 bridgehead atoms. The van der Waals surface area contributed by atoms with Gasteiger partial charge in [0.05, 0.1) is 0 Å². The first-order valence-corrected chi connectivity index (χ1v) is 8.17. The Morgan fingerprint density at radius 3 is 2.38 bits per heavy atom. The van der Waals surface area contributed by atoms with Crippen molar-refractivity contribution in [3.05, 3.63) is 47.2 Å². The molecule has 2 aromatic rings. The Hall–Kier alpha value is -2.63. The molecule has 1 aliphatic rings. The summed E-state index contributed by atoms with van der Waals surface area (Å²) in [6, 6.07) is 8.35. The number of carbonyl (C=O) groups is 2. The van der Waals surface area contributed by atoms with Crippen molar-refractivity contribution >= 4 is 17.6 Å². The largest absolute Gasteiger partial charge is 0.360 e. The number of aryl methyl sites for hydroxylation is 1. The minimum Gasteiger partial charge on any atom is -0.360 e. The molecule has 24 heavy (non-hydrogen) atoms. The van der Waals surface area contributed by atoms with Gasteiger partial charge in [0.2, 0.25) is 0 Å². The molecular weight excluding hydrogens is 306 g/mol. The minimum atomic E-state index is -0.283. The lowest BCUT2D eigenvalue weighted by molar-refractivity contribution is 0.0697. The predicted molar refractivity (Wildman–Crippen MR) is 89.9 cm³/mol. The van der Waals surface area contributed by atoms with Crippen molar-refractivity contribution in [2.75, 3.05) is 18.4 Å². The minimum absolute atomic E-state index is 0.0287. The van der Waals surface area contributed by atoms with Crippen molar-refractivity contribution in [3.63, 3.8) is 0 Å². The summed E-state index contributed by atoms with van der Waals surface area (Å²) in [6.45, 7) is 5.57. The molecule has 1 aromatic heterocycles. The molecule has 126 valence electrons. The second-order valence-electron chi connectivity index (χ2n) is 6.33. The van der Waals surface area contributed by atoms with Gasteiger partial charge < -0.3 is 14.7 Å². The number of aromatic nitrogens is 1. The Morgan fingerprint density at radius 2 is 1.79 bits per heavy atom. The predicted octanol–water partition coefficient (Wildman–Crippen LogP) is 3.11. The quantitative estimate of drug-likeness (QED) is 0.940. The maximum Gasteiger partial charge on any atom is 0.256 e. The number of nitrogens with one attached hydrogen (secondary N) is 1. The average molecular weight is 327 g/mol. The van der Waals surface area contributed by atoms with E-state index in [4.69, 9.17) is 4.52 Å². The van der Waals surface area contributed by atoms with Gasteiger partial charge in [-0.15, -0.1) is 0 Å². The van der Waals surface area contributed by atoms with Crippen molar-refractivity contribution in [2.45, 2.75) is 26.7 Å². The molecule has 3 rings (SSSR count). The van der Waals surface area contributed by atoms with E-state index < -0.39 is 0 Å². The molecule has 0 unspecified atom stereocenters. The SMILES string of the molecule is Cc1cc(NC(=O)c2ccc(C(=O)N3CCC(C)CC3)cc2)no1. The van der Waals surface area contributed by atoms with Crippen LogP contribution in [-0.4, -0.2) is 35.0 Å². The molecule has 1 aromatic carbocycles. The third kappa shape index (κ3) is 3.64. The number of hydrogen-bond acceptors (Lipinski definition) is 4. The highest BCUT2D eigenvalue weighted by molar-refractivity contribution is 6.04. The summed E-state index contributed by atoms with van der Waals surface area (Å²) in [4.78, 5) is 26.5. The van der Waals surface area contributed by atoms with E-state index in [-0.39, 0.29) is 11.8 Å². The van der Waals surface area contributed by atoms with Crippen LogP contribution in [0.15, 0.2) is 34.9 Å². The van der Waals surface area contributed by atoms with Crippen molar-refractivity contribution in [2.24, 2.45) is 5.92 Å². The fourth-order valence-corrected chi connectivity index (χ4v) is 2.77. The van der Waals surface area contributed by atoms with E-state index >= 15 is 0 Å². The molecule has 0 saturated carbocycles. The van der Waals surface area contributed by atoms with Crippen LogP contribution in [0, 0.1) is 12.8 Å². The van der Waals surface area contributed by atoms with Crippen molar-refractivity contribution < 1.29 is 14.1 Å². The summed E-state index contributed by atoms with van der Waals surface area (Å²) in [7, 11) is 0. The third-order valence-corrected chi connectivity index (χ3v) is 4.33. The van der Waals surface area contributed by atoms with Gasteiger partial charge in [0.1, 0.15) is 5.76 Å². The molecule has 0 spiro atoms. The second-order valence-corrected chi connectivity index (χ2v) is 6.33. The molecule has 6 nitrogen and oxygen atoms in total. The van der Waals surface area contributed by atoms with Gasteiger partial charge in [0.25, 0.3) is 11.8 Å². The number of amides is 2. The van der Waals surface area contributed by atoms with Gasteiger partial charge in [-0.3, -0.25) is 9.59 Å². The number of hydrogen-bond donors (Lipinski definition) is 1. The van der Waals surface area contributed by atoms with Crippen molar-refractivity contribution in [3.8, 4) is 0 Å². The Morgan fingerprint density at radius 1 is 1.17 bits per heavy atom. The topological polar surface area (TPSA) is 75.4 Å². The summed E-state index contributed by atoms with van der Waals surface area (Å²) in [5.41, 5.74) is 1.08. The molecule has 2 heterocycles. The fourth-order valence-electron chi connectivity index (χ4n) is 2.77. The van der Waals surface area contributed by atoms with Gasteiger partial charge in [0, 0.05) is 30.3 Å². The summed E-state index contributed by atoms with van der Waals surface area (Å²) in [5, 5.41) is 6.38. The lowest BCUT2D eigenvalue weighted by Gasteiger charge is -2.30. The van der Waals surface area contributed by atoms with E-state index in [0.717, 1.165) is 25.9 Å². The Labute approximate surface area is 140 Å². The Bertz CT molecular complexity index is 728. The lowest BCUT2D eigenvalue weighted by atomic mass is 9.98. The molecule has 1 N–H and O–H groups in total. The van der Waals surface area contributed by atoms with Crippen LogP contribution in [0.5, 0.6) is 0 Å². The van der Waals surface area contributed by atoms with Crippen LogP contribution in [0.3, 0.4) is 0 Å². The second kappa shape index (κ2) is 6.86. The van der Waals surface area contributed by atoms with E-state index in [9.17, 15) is 9.59 Å². The Kier molecular flexibility index (Phi) is 4.64. The Balaban J connectivity index is 1.64. The molecule has 0 atom stereocenters. The highest BCUT2D eigenvalue weighted by Crippen LogP contribution is 2.18. The standard InChI is InChI=1S/C18H21N3O3/c1-12-7-9-21(10-8-12)18(23)15-5-3-14(4-6-15)17(22)19-16-11-13(2)24-20-16/h3-6,11-12H,7-10H2,1-2H3,(H,19,20,22). The van der Waals surface area contributed by atoms with E-state index in [0.29, 0.717) is 28.6 Å². The number of nitrogens with zero attached hydrogens (tertiary/aromatic N) is 2. The zero-order valence-corrected chi connectivity index (χ0v) is 13.9. The highest BCUT2D eigenvalue weighted by Gasteiger charge is 2.21. The van der Waals surface area contributed by atoms with Gasteiger partial charge in [0.15, 0.2) is 5.82 Å². The average Bonchev–Trinajstić information content (AvgIpc) is 3.00. The summed E-state index contributed by atoms with van der Waals surface area (Å²) >= 11 is 0. The summed E-state index contributed by atoms with van der Waals surface area (Å²) in [6.07, 6.45) is 2.09. The van der Waals surface area contributed by atoms with E-state index in [1.54, 1.807) is 37.3 Å². The van der Waals surface area contributed by atoms with Crippen molar-refractivity contribution in [1.82, 2.24) is 10.1 Å². The zero-order chi connectivity index (χ0) is 17.1. The summed E-state index contributed by atoms with van der Waals surface area (Å²) in [5.74, 6) is 1.43. The molecule has 1 aliphatic heterocycles. The van der Waals surface area contributed by atoms with Gasteiger partial charge in [-0.2, -0.15) is 0 Å². The number of piperidine rings is 1. The van der Waals surface area contributed by atoms with Crippen LogP contribution in [0.2, 0.25) is 0 Å². The van der Waals surface area contributed by atoms with Crippen LogP contribution in [-0.2, 0) is 0 Å². The number of rotatable bonds is 3. The first kappa shape index (κ1) is 16.2. The molecular formula is C18H21N3O3. The first-order valence-electron chi connectivity index (χ1n) is 8.17. The number of benzene rings is 1. The van der Waals surface area contributed by atoms with Gasteiger partial charge in [-0.1, -0.05) is 12.1 Å². The third-order valence-electron chi connectivity index (χ3n) is 4.33. The normalized spacial score (nSPS) is 15.3. The van der Waals surface area contributed by atoms with Gasteiger partial charge in [-0.25, -0.2) is 0 Å². The van der Waals surface area contributed by atoms with Crippen molar-refractivity contribution in [1.29, 1.82) is 0 Å². The lowest BCUT2D eigenvalue weighted by Crippen LogP contribution is -2.37. The molecule has 6 heteroatoms. The van der Waals surface area contributed by atoms with Gasteiger partial charge in [-0.05, 0) is 49.9 Å². The van der Waals surface area contributed by atoms with Crippen LogP contribution in [0.4, 0.5) is 5.82 Å². The van der Waals surface area contributed by atoms with Crippen LogP contribution < -0.4 is 5.32 Å². The molecule has 0 radical (unpaired) electrons. The van der Waals surface area contributed by atoms with Gasteiger partial charge >= 0.3 is 0 Å². The van der Waals surface area contributed by atoms with E-state index in [1.807, 2.05) is 4.90 Å². The van der Waals surface area contributed by atoms with E-state index in [1.165, 1.54) is 0 Å². The molecule has 0 aliphatic carbocycles. The van der Waals surface area contributed by atoms with Crippen LogP contribution in [0.25, 0.3) is 0 Å². The summed E-state index contributed by atoms with van der Waals surface area (Å²) < 4.78 is 4.91. The highest BCUT2D eigenvalue weighted by atomic mass is 16.5. The van der Waals surface area contributed by atoms with Crippen LogP contribution >= 0.6 is 0 Å². The first-order chi connectivity index (χ1) is 11.5. The molecule has 2 amide bonds.